The number of aryl methyl sites for hydroxylation is 1. The molecule has 1 atom stereocenters. The first-order valence-electron chi connectivity index (χ1n) is 6.52. The Morgan fingerprint density at radius 2 is 2.32 bits per heavy atom. The minimum atomic E-state index is -0.935. The second kappa shape index (κ2) is 6.68. The Hall–Kier alpha value is -1.40. The van der Waals surface area contributed by atoms with E-state index in [1.54, 1.807) is 13.1 Å². The smallest absolute Gasteiger partial charge is 0.324 e. The Kier molecular flexibility index (Phi) is 5.50. The van der Waals surface area contributed by atoms with Crippen LogP contribution in [0.3, 0.4) is 0 Å². The van der Waals surface area contributed by atoms with E-state index in [0.29, 0.717) is 19.6 Å². The molecule has 0 fully saturated rings. The zero-order valence-corrected chi connectivity index (χ0v) is 12.2. The molecule has 1 aromatic heterocycles. The van der Waals surface area contributed by atoms with E-state index >= 15 is 0 Å². The molecule has 1 rings (SSSR count). The molecule has 6 heteroatoms. The average molecular weight is 268 g/mol. The quantitative estimate of drug-likeness (QED) is 0.726. The van der Waals surface area contributed by atoms with Gasteiger partial charge in [-0.25, -0.2) is 4.98 Å². The van der Waals surface area contributed by atoms with Crippen LogP contribution in [0.1, 0.15) is 26.1 Å². The molecule has 0 aliphatic carbocycles. The summed E-state index contributed by atoms with van der Waals surface area (Å²) in [5.41, 5.74) is -0.935. The van der Waals surface area contributed by atoms with E-state index in [2.05, 4.69) is 10.3 Å². The number of rotatable bonds is 8. The van der Waals surface area contributed by atoms with Crippen molar-refractivity contribution in [2.24, 2.45) is 7.05 Å². The number of carboxylic acid groups (broad SMARTS) is 1. The van der Waals surface area contributed by atoms with E-state index in [0.717, 1.165) is 12.2 Å². The fourth-order valence-corrected chi connectivity index (χ4v) is 1.99. The fourth-order valence-electron chi connectivity index (χ4n) is 1.99. The molecule has 0 spiro atoms. The zero-order chi connectivity index (χ0) is 14.5. The highest BCUT2D eigenvalue weighted by Crippen LogP contribution is 2.09. The van der Waals surface area contributed by atoms with E-state index in [9.17, 15) is 9.90 Å². The molecule has 0 saturated carbocycles. The predicted octanol–water partition coefficient (Wildman–Crippen LogP) is 0.695. The van der Waals surface area contributed by atoms with Crippen LogP contribution in [0.25, 0.3) is 0 Å². The number of imidazole rings is 1. The fraction of sp³-hybridized carbons (Fsp3) is 0.692. The van der Waals surface area contributed by atoms with Gasteiger partial charge in [-0.15, -0.1) is 0 Å². The largest absolute Gasteiger partial charge is 0.480 e. The number of hydrogen-bond donors (Lipinski definition) is 2. The lowest BCUT2D eigenvalue weighted by Crippen LogP contribution is -2.56. The first kappa shape index (κ1) is 15.7. The van der Waals surface area contributed by atoms with Crippen molar-refractivity contribution in [2.45, 2.75) is 32.4 Å². The number of nitrogens with zero attached hydrogens (tertiary/aromatic N) is 3. The van der Waals surface area contributed by atoms with E-state index in [4.69, 9.17) is 0 Å². The molecule has 19 heavy (non-hydrogen) atoms. The summed E-state index contributed by atoms with van der Waals surface area (Å²) in [7, 11) is 3.84. The van der Waals surface area contributed by atoms with Crippen molar-refractivity contribution in [1.82, 2.24) is 19.8 Å². The van der Waals surface area contributed by atoms with Gasteiger partial charge in [0, 0.05) is 26.0 Å². The Bertz CT molecular complexity index is 419. The van der Waals surface area contributed by atoms with Gasteiger partial charge in [0.15, 0.2) is 0 Å². The van der Waals surface area contributed by atoms with Crippen LogP contribution in [-0.2, 0) is 18.4 Å². The second-order valence-corrected chi connectivity index (χ2v) is 5.19. The molecule has 0 amide bonds. The van der Waals surface area contributed by atoms with E-state index < -0.39 is 11.5 Å². The van der Waals surface area contributed by atoms with Crippen LogP contribution >= 0.6 is 0 Å². The summed E-state index contributed by atoms with van der Waals surface area (Å²) in [4.78, 5) is 17.6. The molecular formula is C13H24N4O2. The molecule has 0 aliphatic rings. The Balaban J connectivity index is 2.63. The van der Waals surface area contributed by atoms with Gasteiger partial charge in [0.1, 0.15) is 11.4 Å². The molecule has 1 unspecified atom stereocenters. The first-order valence-corrected chi connectivity index (χ1v) is 6.52. The normalized spacial score (nSPS) is 14.6. The maximum atomic E-state index is 11.4. The van der Waals surface area contributed by atoms with Gasteiger partial charge in [-0.05, 0) is 26.9 Å². The van der Waals surface area contributed by atoms with Crippen molar-refractivity contribution in [3.8, 4) is 0 Å². The van der Waals surface area contributed by atoms with Crippen LogP contribution in [0, 0.1) is 0 Å². The first-order chi connectivity index (χ1) is 8.89. The number of likely N-dealkylation sites (N-methyl/N-ethyl adjacent to an activating group) is 1. The number of nitrogens with one attached hydrogen (secondary N) is 1. The maximum Gasteiger partial charge on any atom is 0.324 e. The summed E-state index contributed by atoms with van der Waals surface area (Å²) >= 11 is 0. The molecule has 0 radical (unpaired) electrons. The molecule has 0 saturated heterocycles. The SMILES string of the molecule is CCCNC(C)(CN(C)Cc1nccn1C)C(=O)O. The van der Waals surface area contributed by atoms with Crippen molar-refractivity contribution >= 4 is 5.97 Å². The van der Waals surface area contributed by atoms with E-state index in [-0.39, 0.29) is 0 Å². The van der Waals surface area contributed by atoms with Gasteiger partial charge in [0.2, 0.25) is 0 Å². The lowest BCUT2D eigenvalue weighted by molar-refractivity contribution is -0.145. The Labute approximate surface area is 114 Å². The Morgan fingerprint density at radius 1 is 1.63 bits per heavy atom. The van der Waals surface area contributed by atoms with Gasteiger partial charge in [-0.3, -0.25) is 9.69 Å². The summed E-state index contributed by atoms with van der Waals surface area (Å²) in [5.74, 6) is 0.0957. The van der Waals surface area contributed by atoms with Crippen LogP contribution < -0.4 is 5.32 Å². The molecule has 2 N–H and O–H groups in total. The van der Waals surface area contributed by atoms with Gasteiger partial charge < -0.3 is 15.0 Å². The summed E-state index contributed by atoms with van der Waals surface area (Å²) in [6.07, 6.45) is 4.54. The number of carbonyl (C=O) groups is 1. The molecule has 0 bridgehead atoms. The molecule has 108 valence electrons. The van der Waals surface area contributed by atoms with Crippen LogP contribution in [0.15, 0.2) is 12.4 Å². The van der Waals surface area contributed by atoms with Gasteiger partial charge in [0.05, 0.1) is 6.54 Å². The zero-order valence-electron chi connectivity index (χ0n) is 12.2. The molecule has 0 aliphatic heterocycles. The minimum absolute atomic E-state index is 0.426. The highest BCUT2D eigenvalue weighted by molar-refractivity contribution is 5.78. The van der Waals surface area contributed by atoms with E-state index in [1.165, 1.54) is 0 Å². The van der Waals surface area contributed by atoms with Crippen LogP contribution in [0.5, 0.6) is 0 Å². The van der Waals surface area contributed by atoms with Gasteiger partial charge in [-0.1, -0.05) is 6.92 Å². The third-order valence-electron chi connectivity index (χ3n) is 3.16. The molecule has 1 aromatic rings. The summed E-state index contributed by atoms with van der Waals surface area (Å²) in [6.45, 7) is 5.49. The van der Waals surface area contributed by atoms with Crippen molar-refractivity contribution in [1.29, 1.82) is 0 Å². The van der Waals surface area contributed by atoms with Crippen LogP contribution in [-0.4, -0.2) is 51.2 Å². The third-order valence-corrected chi connectivity index (χ3v) is 3.16. The molecule has 1 heterocycles. The number of aromatic nitrogens is 2. The lowest BCUT2D eigenvalue weighted by atomic mass is 10.0. The third kappa shape index (κ3) is 4.33. The predicted molar refractivity (Wildman–Crippen MR) is 73.9 cm³/mol. The number of carboxylic acids is 1. The Morgan fingerprint density at radius 3 is 2.79 bits per heavy atom. The summed E-state index contributed by atoms with van der Waals surface area (Å²) < 4.78 is 1.94. The van der Waals surface area contributed by atoms with Crippen LogP contribution in [0.2, 0.25) is 0 Å². The monoisotopic (exact) mass is 268 g/mol. The average Bonchev–Trinajstić information content (AvgIpc) is 2.72. The lowest BCUT2D eigenvalue weighted by Gasteiger charge is -2.31. The van der Waals surface area contributed by atoms with Gasteiger partial charge >= 0.3 is 5.97 Å². The highest BCUT2D eigenvalue weighted by atomic mass is 16.4. The second-order valence-electron chi connectivity index (χ2n) is 5.19. The number of aliphatic carboxylic acids is 1. The highest BCUT2D eigenvalue weighted by Gasteiger charge is 2.33. The van der Waals surface area contributed by atoms with Gasteiger partial charge in [-0.2, -0.15) is 0 Å². The number of hydrogen-bond acceptors (Lipinski definition) is 4. The minimum Gasteiger partial charge on any atom is -0.480 e. The van der Waals surface area contributed by atoms with Crippen molar-refractivity contribution < 1.29 is 9.90 Å². The van der Waals surface area contributed by atoms with Crippen molar-refractivity contribution in [3.05, 3.63) is 18.2 Å². The molecule has 0 aromatic carbocycles. The van der Waals surface area contributed by atoms with Gasteiger partial charge in [0.25, 0.3) is 0 Å². The molecule has 6 nitrogen and oxygen atoms in total. The molecular weight excluding hydrogens is 244 g/mol. The maximum absolute atomic E-state index is 11.4. The van der Waals surface area contributed by atoms with Crippen molar-refractivity contribution in [2.75, 3.05) is 20.1 Å². The standard InChI is InChI=1S/C13H24N4O2/c1-5-6-15-13(2,12(18)19)10-16(3)9-11-14-7-8-17(11)4/h7-8,15H,5-6,9-10H2,1-4H3,(H,18,19). The van der Waals surface area contributed by atoms with Crippen molar-refractivity contribution in [3.63, 3.8) is 0 Å². The topological polar surface area (TPSA) is 70.4 Å². The summed E-state index contributed by atoms with van der Waals surface area (Å²) in [5, 5.41) is 12.5. The summed E-state index contributed by atoms with van der Waals surface area (Å²) in [6, 6.07) is 0. The van der Waals surface area contributed by atoms with E-state index in [1.807, 2.05) is 36.7 Å². The van der Waals surface area contributed by atoms with Crippen LogP contribution in [0.4, 0.5) is 0 Å².